The van der Waals surface area contributed by atoms with Gasteiger partial charge < -0.3 is 10.3 Å². The van der Waals surface area contributed by atoms with Crippen molar-refractivity contribution in [2.75, 3.05) is 5.32 Å². The number of thioether (sulfide) groups is 1. The first kappa shape index (κ1) is 15.2. The van der Waals surface area contributed by atoms with Crippen LogP contribution in [0.2, 0.25) is 0 Å². The van der Waals surface area contributed by atoms with Gasteiger partial charge in [-0.1, -0.05) is 12.1 Å². The van der Waals surface area contributed by atoms with E-state index < -0.39 is 11.4 Å². The minimum Gasteiger partial charge on any atom is -0.328 e. The molecule has 0 spiro atoms. The largest absolute Gasteiger partial charge is 0.446 e. The second-order valence-electron chi connectivity index (χ2n) is 3.94. The molecule has 0 fully saturated rings. The summed E-state index contributed by atoms with van der Waals surface area (Å²) in [4.78, 5) is 25.0. The molecule has 1 aromatic carbocycles. The highest BCUT2D eigenvalue weighted by molar-refractivity contribution is 8.00. The summed E-state index contributed by atoms with van der Waals surface area (Å²) in [6, 6.07) is 8.05. The van der Waals surface area contributed by atoms with Crippen molar-refractivity contribution >= 4 is 23.4 Å². The highest BCUT2D eigenvalue weighted by atomic mass is 32.2. The zero-order chi connectivity index (χ0) is 15.5. The summed E-state index contributed by atoms with van der Waals surface area (Å²) < 4.78 is 37.3. The molecule has 0 aliphatic rings. The number of aromatic nitrogens is 1. The molecule has 110 valence electrons. The summed E-state index contributed by atoms with van der Waals surface area (Å²) in [6.07, 6.45) is 1.19. The molecule has 0 saturated heterocycles. The smallest absolute Gasteiger partial charge is 0.328 e. The first-order valence-corrected chi connectivity index (χ1v) is 6.52. The molecule has 8 heteroatoms. The Kier molecular flexibility index (Phi) is 4.37. The van der Waals surface area contributed by atoms with Crippen LogP contribution in [0.3, 0.4) is 0 Å². The Morgan fingerprint density at radius 1 is 1.14 bits per heavy atom. The molecule has 0 aliphatic carbocycles. The van der Waals surface area contributed by atoms with E-state index in [9.17, 15) is 22.8 Å². The van der Waals surface area contributed by atoms with Gasteiger partial charge in [0.1, 0.15) is 0 Å². The standard InChI is InChI=1S/C13H9F3N2O2S/c14-13(15,16)21-10-4-2-1-3-9(10)18-12(20)8-5-6-11(19)17-7-8/h1-7H,(H,17,19)(H,18,20). The Balaban J connectivity index is 2.21. The number of carbonyl (C=O) groups excluding carboxylic acids is 1. The van der Waals surface area contributed by atoms with Crippen LogP contribution in [-0.2, 0) is 0 Å². The van der Waals surface area contributed by atoms with Crippen LogP contribution in [0.4, 0.5) is 18.9 Å². The first-order valence-electron chi connectivity index (χ1n) is 5.70. The molecule has 1 aromatic heterocycles. The number of alkyl halides is 3. The topological polar surface area (TPSA) is 62.0 Å². The van der Waals surface area contributed by atoms with Gasteiger partial charge >= 0.3 is 5.51 Å². The van der Waals surface area contributed by atoms with Crippen molar-refractivity contribution < 1.29 is 18.0 Å². The average molecular weight is 314 g/mol. The van der Waals surface area contributed by atoms with E-state index in [4.69, 9.17) is 0 Å². The Labute approximate surface area is 121 Å². The van der Waals surface area contributed by atoms with Gasteiger partial charge in [-0.05, 0) is 30.0 Å². The fraction of sp³-hybridized carbons (Fsp3) is 0.0769. The predicted octanol–water partition coefficient (Wildman–Crippen LogP) is 3.24. The van der Waals surface area contributed by atoms with Crippen molar-refractivity contribution in [3.05, 3.63) is 58.5 Å². The van der Waals surface area contributed by atoms with E-state index in [2.05, 4.69) is 10.3 Å². The van der Waals surface area contributed by atoms with E-state index in [0.717, 1.165) is 6.07 Å². The Morgan fingerprint density at radius 3 is 2.48 bits per heavy atom. The minimum absolute atomic E-state index is 0.0519. The molecular formula is C13H9F3N2O2S. The average Bonchev–Trinajstić information content (AvgIpc) is 2.40. The summed E-state index contributed by atoms with van der Waals surface area (Å²) in [6.45, 7) is 0. The first-order chi connectivity index (χ1) is 9.85. The van der Waals surface area contributed by atoms with E-state index in [1.807, 2.05) is 0 Å². The van der Waals surface area contributed by atoms with Gasteiger partial charge in [0.15, 0.2) is 0 Å². The number of nitrogens with one attached hydrogen (secondary N) is 2. The van der Waals surface area contributed by atoms with Crippen LogP contribution in [0, 0.1) is 0 Å². The molecule has 1 heterocycles. The number of aromatic amines is 1. The molecule has 0 saturated carbocycles. The number of rotatable bonds is 3. The second kappa shape index (κ2) is 6.04. The summed E-state index contributed by atoms with van der Waals surface area (Å²) in [5.41, 5.74) is -4.63. The molecule has 2 N–H and O–H groups in total. The van der Waals surface area contributed by atoms with Gasteiger partial charge in [0.2, 0.25) is 5.56 Å². The number of pyridine rings is 1. The molecule has 0 bridgehead atoms. The highest BCUT2D eigenvalue weighted by Crippen LogP contribution is 2.40. The molecule has 0 aliphatic heterocycles. The highest BCUT2D eigenvalue weighted by Gasteiger charge is 2.30. The van der Waals surface area contributed by atoms with E-state index in [0.29, 0.717) is 0 Å². The third-order valence-electron chi connectivity index (χ3n) is 2.41. The van der Waals surface area contributed by atoms with Crippen LogP contribution in [0.1, 0.15) is 10.4 Å². The summed E-state index contributed by atoms with van der Waals surface area (Å²) in [7, 11) is 0. The van der Waals surface area contributed by atoms with Crippen LogP contribution in [0.15, 0.2) is 52.3 Å². The van der Waals surface area contributed by atoms with Gasteiger partial charge in [-0.3, -0.25) is 9.59 Å². The minimum atomic E-state index is -4.45. The third kappa shape index (κ3) is 4.38. The van der Waals surface area contributed by atoms with E-state index in [1.54, 1.807) is 0 Å². The Hall–Kier alpha value is -2.22. The van der Waals surface area contributed by atoms with Gasteiger partial charge in [-0.15, -0.1) is 0 Å². The molecule has 0 unspecified atom stereocenters. The van der Waals surface area contributed by atoms with Crippen molar-refractivity contribution in [3.8, 4) is 0 Å². The van der Waals surface area contributed by atoms with Crippen molar-refractivity contribution in [2.45, 2.75) is 10.4 Å². The fourth-order valence-electron chi connectivity index (χ4n) is 1.53. The normalized spacial score (nSPS) is 11.2. The summed E-state index contributed by atoms with van der Waals surface area (Å²) in [5, 5.41) is 2.39. The quantitative estimate of drug-likeness (QED) is 0.855. The fourth-order valence-corrected chi connectivity index (χ4v) is 2.15. The van der Waals surface area contributed by atoms with Gasteiger partial charge in [0.05, 0.1) is 11.3 Å². The monoisotopic (exact) mass is 314 g/mol. The summed E-state index contributed by atoms with van der Waals surface area (Å²) in [5.74, 6) is -0.610. The molecule has 21 heavy (non-hydrogen) atoms. The molecule has 0 atom stereocenters. The Morgan fingerprint density at radius 2 is 1.86 bits per heavy atom. The molecule has 2 rings (SSSR count). The lowest BCUT2D eigenvalue weighted by molar-refractivity contribution is -0.0328. The lowest BCUT2D eigenvalue weighted by Gasteiger charge is -2.12. The van der Waals surface area contributed by atoms with Gasteiger partial charge in [0, 0.05) is 17.2 Å². The van der Waals surface area contributed by atoms with Crippen LogP contribution >= 0.6 is 11.8 Å². The van der Waals surface area contributed by atoms with Crippen LogP contribution < -0.4 is 10.9 Å². The molecule has 0 radical (unpaired) electrons. The zero-order valence-electron chi connectivity index (χ0n) is 10.4. The van der Waals surface area contributed by atoms with Crippen molar-refractivity contribution in [1.29, 1.82) is 0 Å². The molecule has 4 nitrogen and oxygen atoms in total. The second-order valence-corrected chi connectivity index (χ2v) is 5.05. The number of benzene rings is 1. The number of anilines is 1. The molecular weight excluding hydrogens is 305 g/mol. The lowest BCUT2D eigenvalue weighted by atomic mass is 10.2. The number of halogens is 3. The van der Waals surface area contributed by atoms with Gasteiger partial charge in [-0.25, -0.2) is 0 Å². The number of para-hydroxylation sites is 1. The number of amides is 1. The number of H-pyrrole nitrogens is 1. The van der Waals surface area contributed by atoms with Crippen LogP contribution in [0.25, 0.3) is 0 Å². The predicted molar refractivity (Wildman–Crippen MR) is 73.4 cm³/mol. The summed E-state index contributed by atoms with van der Waals surface area (Å²) >= 11 is -0.306. The van der Waals surface area contributed by atoms with Gasteiger partial charge in [-0.2, -0.15) is 13.2 Å². The van der Waals surface area contributed by atoms with E-state index in [-0.39, 0.29) is 33.5 Å². The Bertz CT molecular complexity index is 693. The number of hydrogen-bond acceptors (Lipinski definition) is 3. The van der Waals surface area contributed by atoms with E-state index in [1.165, 1.54) is 36.5 Å². The maximum atomic E-state index is 12.4. The van der Waals surface area contributed by atoms with Crippen LogP contribution in [-0.4, -0.2) is 16.4 Å². The molecule has 2 aromatic rings. The van der Waals surface area contributed by atoms with Crippen LogP contribution in [0.5, 0.6) is 0 Å². The van der Waals surface area contributed by atoms with Gasteiger partial charge in [0.25, 0.3) is 5.91 Å². The maximum Gasteiger partial charge on any atom is 0.446 e. The van der Waals surface area contributed by atoms with Crippen molar-refractivity contribution in [2.24, 2.45) is 0 Å². The SMILES string of the molecule is O=C(Nc1ccccc1SC(F)(F)F)c1ccc(=O)[nH]c1. The van der Waals surface area contributed by atoms with E-state index >= 15 is 0 Å². The maximum absolute atomic E-state index is 12.4. The molecule has 1 amide bonds. The number of hydrogen-bond donors (Lipinski definition) is 2. The number of carbonyl (C=O) groups is 1. The third-order valence-corrected chi connectivity index (χ3v) is 3.21. The van der Waals surface area contributed by atoms with Crippen molar-refractivity contribution in [3.63, 3.8) is 0 Å². The van der Waals surface area contributed by atoms with Crippen molar-refractivity contribution in [1.82, 2.24) is 4.98 Å². The zero-order valence-corrected chi connectivity index (χ0v) is 11.2. The lowest BCUT2D eigenvalue weighted by Crippen LogP contribution is -2.15.